The van der Waals surface area contributed by atoms with Crippen molar-refractivity contribution in [1.29, 1.82) is 0 Å². The average molecular weight is 203 g/mol. The minimum Gasteiger partial charge on any atom is -0.396 e. The van der Waals surface area contributed by atoms with E-state index in [0.717, 1.165) is 30.2 Å². The number of thiol groups is 2. The Bertz CT molecular complexity index is 36.7. The van der Waals surface area contributed by atoms with Crippen LogP contribution in [0.1, 0.15) is 12.8 Å². The van der Waals surface area contributed by atoms with Gasteiger partial charge in [0.25, 0.3) is 0 Å². The van der Waals surface area contributed by atoms with Crippen LogP contribution < -0.4 is 0 Å². The predicted octanol–water partition coefficient (Wildman–Crippen LogP) is 1.84. The molecule has 4 heteroatoms. The van der Waals surface area contributed by atoms with E-state index < -0.39 is 0 Å². The molecule has 0 unspecified atom stereocenters. The van der Waals surface area contributed by atoms with Gasteiger partial charge < -0.3 is 5.11 Å². The number of halogens is 1. The molecule has 0 radical (unpaired) electrons. The monoisotopic (exact) mass is 202 g/mol. The second-order valence-corrected chi connectivity index (χ2v) is 2.84. The summed E-state index contributed by atoms with van der Waals surface area (Å²) in [6.45, 7) is 0.267. The minimum atomic E-state index is 0.267. The van der Waals surface area contributed by atoms with Crippen LogP contribution in [0.25, 0.3) is 0 Å². The SMILES string of the molecule is OCCCS.SCCCCl. The first-order chi connectivity index (χ1) is 4.83. The number of aliphatic hydroxyl groups excluding tert-OH is 1. The van der Waals surface area contributed by atoms with Crippen LogP contribution >= 0.6 is 36.9 Å². The molecule has 0 bridgehead atoms. The fraction of sp³-hybridized carbons (Fsp3) is 1.00. The highest BCUT2D eigenvalue weighted by Gasteiger charge is 1.71. The summed E-state index contributed by atoms with van der Waals surface area (Å²) >= 11 is 13.0. The molecule has 0 atom stereocenters. The first-order valence-corrected chi connectivity index (χ1v) is 5.02. The second-order valence-electron chi connectivity index (χ2n) is 1.57. The lowest BCUT2D eigenvalue weighted by Gasteiger charge is -1.79. The van der Waals surface area contributed by atoms with Gasteiger partial charge in [-0.25, -0.2) is 0 Å². The van der Waals surface area contributed by atoms with Crippen LogP contribution in [0.3, 0.4) is 0 Å². The van der Waals surface area contributed by atoms with Crippen molar-refractivity contribution in [3.63, 3.8) is 0 Å². The summed E-state index contributed by atoms with van der Waals surface area (Å²) in [5, 5.41) is 8.02. The molecule has 64 valence electrons. The molecule has 0 heterocycles. The van der Waals surface area contributed by atoms with Crippen molar-refractivity contribution in [2.24, 2.45) is 0 Å². The quantitative estimate of drug-likeness (QED) is 0.470. The topological polar surface area (TPSA) is 20.2 Å². The third-order valence-corrected chi connectivity index (χ3v) is 1.51. The van der Waals surface area contributed by atoms with Gasteiger partial charge in [-0.2, -0.15) is 25.3 Å². The fourth-order valence-electron chi connectivity index (χ4n) is 0.130. The molecule has 0 saturated heterocycles. The molecule has 1 nitrogen and oxygen atoms in total. The first kappa shape index (κ1) is 13.5. The molecule has 0 aliphatic heterocycles. The number of alkyl halides is 1. The van der Waals surface area contributed by atoms with Gasteiger partial charge in [-0.15, -0.1) is 11.6 Å². The smallest absolute Gasteiger partial charge is 0.0438 e. The van der Waals surface area contributed by atoms with Gasteiger partial charge in [0, 0.05) is 12.5 Å². The van der Waals surface area contributed by atoms with E-state index >= 15 is 0 Å². The highest BCUT2D eigenvalue weighted by molar-refractivity contribution is 7.80. The zero-order valence-electron chi connectivity index (χ0n) is 5.96. The zero-order chi connectivity index (χ0) is 8.24. The minimum absolute atomic E-state index is 0.267. The third kappa shape index (κ3) is 23.1. The van der Waals surface area contributed by atoms with Crippen molar-refractivity contribution in [2.45, 2.75) is 12.8 Å². The van der Waals surface area contributed by atoms with Gasteiger partial charge in [0.1, 0.15) is 0 Å². The van der Waals surface area contributed by atoms with Gasteiger partial charge in [-0.05, 0) is 24.3 Å². The van der Waals surface area contributed by atoms with Crippen molar-refractivity contribution >= 4 is 36.9 Å². The summed E-state index contributed by atoms with van der Waals surface area (Å²) in [6.07, 6.45) is 1.83. The van der Waals surface area contributed by atoms with Crippen molar-refractivity contribution in [2.75, 3.05) is 24.0 Å². The largest absolute Gasteiger partial charge is 0.396 e. The number of aliphatic hydroxyl groups is 1. The van der Waals surface area contributed by atoms with Crippen LogP contribution in [0.15, 0.2) is 0 Å². The van der Waals surface area contributed by atoms with Crippen LogP contribution in [0.4, 0.5) is 0 Å². The molecule has 0 spiro atoms. The molecular formula is C6H15ClOS2. The van der Waals surface area contributed by atoms with Gasteiger partial charge in [0.15, 0.2) is 0 Å². The Balaban J connectivity index is 0. The molecule has 0 aromatic rings. The van der Waals surface area contributed by atoms with Gasteiger partial charge in [-0.1, -0.05) is 0 Å². The fourth-order valence-corrected chi connectivity index (χ4v) is 0.750. The Morgan fingerprint density at radius 2 is 1.60 bits per heavy atom. The lowest BCUT2D eigenvalue weighted by Crippen LogP contribution is -1.79. The molecule has 0 aromatic heterocycles. The maximum absolute atomic E-state index is 8.02. The lowest BCUT2D eigenvalue weighted by atomic mass is 10.5. The maximum atomic E-state index is 8.02. The van der Waals surface area contributed by atoms with Crippen molar-refractivity contribution in [3.8, 4) is 0 Å². The first-order valence-electron chi connectivity index (χ1n) is 3.22. The summed E-state index contributed by atoms with van der Waals surface area (Å²) in [7, 11) is 0. The van der Waals surface area contributed by atoms with E-state index in [2.05, 4.69) is 25.3 Å². The molecule has 0 aromatic carbocycles. The van der Waals surface area contributed by atoms with Crippen LogP contribution in [0, 0.1) is 0 Å². The average Bonchev–Trinajstić information content (AvgIpc) is 1.93. The molecule has 0 aliphatic carbocycles. The van der Waals surface area contributed by atoms with E-state index in [1.54, 1.807) is 0 Å². The van der Waals surface area contributed by atoms with E-state index in [1.807, 2.05) is 0 Å². The Kier molecular flexibility index (Phi) is 22.3. The molecule has 1 N–H and O–H groups in total. The van der Waals surface area contributed by atoms with Crippen LogP contribution in [0.2, 0.25) is 0 Å². The van der Waals surface area contributed by atoms with Gasteiger partial charge in [0.2, 0.25) is 0 Å². The third-order valence-electron chi connectivity index (χ3n) is 0.608. The Labute approximate surface area is 79.0 Å². The summed E-state index contributed by atoms with van der Waals surface area (Å²) in [5.74, 6) is 2.43. The van der Waals surface area contributed by atoms with Crippen LogP contribution in [-0.2, 0) is 0 Å². The Morgan fingerprint density at radius 3 is 1.60 bits per heavy atom. The van der Waals surface area contributed by atoms with E-state index in [4.69, 9.17) is 16.7 Å². The Morgan fingerprint density at radius 1 is 1.10 bits per heavy atom. The number of hydrogen-bond donors (Lipinski definition) is 3. The molecular weight excluding hydrogens is 188 g/mol. The van der Waals surface area contributed by atoms with Crippen LogP contribution in [-0.4, -0.2) is 29.1 Å². The highest BCUT2D eigenvalue weighted by atomic mass is 35.5. The Hall–Kier alpha value is 0.950. The van der Waals surface area contributed by atoms with E-state index in [0.29, 0.717) is 0 Å². The zero-order valence-corrected chi connectivity index (χ0v) is 8.51. The number of hydrogen-bond acceptors (Lipinski definition) is 3. The summed E-state index contributed by atoms with van der Waals surface area (Å²) in [6, 6.07) is 0. The van der Waals surface area contributed by atoms with Crippen molar-refractivity contribution in [3.05, 3.63) is 0 Å². The molecule has 0 rings (SSSR count). The van der Waals surface area contributed by atoms with Gasteiger partial charge >= 0.3 is 0 Å². The second kappa shape index (κ2) is 16.5. The normalized spacial score (nSPS) is 8.40. The summed E-state index contributed by atoms with van der Waals surface area (Å²) < 4.78 is 0. The molecule has 0 saturated carbocycles. The predicted molar refractivity (Wildman–Crippen MR) is 54.7 cm³/mol. The maximum Gasteiger partial charge on any atom is 0.0438 e. The number of rotatable bonds is 4. The van der Waals surface area contributed by atoms with Crippen LogP contribution in [0.5, 0.6) is 0 Å². The molecule has 0 fully saturated rings. The highest BCUT2D eigenvalue weighted by Crippen LogP contribution is 1.84. The standard InChI is InChI=1S/C3H7ClS.C3H8OS/c2*4-2-1-3-5/h5H,1-3H2;4-5H,1-3H2. The van der Waals surface area contributed by atoms with Crippen molar-refractivity contribution in [1.82, 2.24) is 0 Å². The van der Waals surface area contributed by atoms with Crippen molar-refractivity contribution < 1.29 is 5.11 Å². The molecule has 10 heavy (non-hydrogen) atoms. The lowest BCUT2D eigenvalue weighted by molar-refractivity contribution is 0.296. The van der Waals surface area contributed by atoms with Gasteiger partial charge in [-0.3, -0.25) is 0 Å². The van der Waals surface area contributed by atoms with Gasteiger partial charge in [0.05, 0.1) is 0 Å². The van der Waals surface area contributed by atoms with E-state index in [-0.39, 0.29) is 6.61 Å². The van der Waals surface area contributed by atoms with E-state index in [1.165, 1.54) is 0 Å². The summed E-state index contributed by atoms with van der Waals surface area (Å²) in [5.41, 5.74) is 0. The molecule has 0 amide bonds. The summed E-state index contributed by atoms with van der Waals surface area (Å²) in [4.78, 5) is 0. The molecule has 0 aliphatic rings. The van der Waals surface area contributed by atoms with E-state index in [9.17, 15) is 0 Å².